The maximum absolute atomic E-state index is 12.2. The molecule has 0 bridgehead atoms. The molecule has 1 atom stereocenters. The van der Waals surface area contributed by atoms with E-state index in [2.05, 4.69) is 29.0 Å². The summed E-state index contributed by atoms with van der Waals surface area (Å²) in [5.74, 6) is 0.345. The van der Waals surface area contributed by atoms with E-state index in [1.54, 1.807) is 0 Å². The standard InChI is InChI=1S/C16H33N3O/c1-4-10-18(11-5-2)12-7-9-16(20)19-13-6-8-15(14-19)17-3/h15,17H,4-14H2,1-3H3. The van der Waals surface area contributed by atoms with Crippen LogP contribution in [-0.2, 0) is 4.79 Å². The number of hydrogen-bond acceptors (Lipinski definition) is 3. The molecule has 118 valence electrons. The second-order valence-electron chi connectivity index (χ2n) is 5.91. The van der Waals surface area contributed by atoms with Crippen LogP contribution in [0, 0.1) is 0 Å². The lowest BCUT2D eigenvalue weighted by molar-refractivity contribution is -0.132. The van der Waals surface area contributed by atoms with Gasteiger partial charge in [-0.15, -0.1) is 0 Å². The van der Waals surface area contributed by atoms with E-state index < -0.39 is 0 Å². The third-order valence-electron chi connectivity index (χ3n) is 4.13. The van der Waals surface area contributed by atoms with E-state index in [-0.39, 0.29) is 0 Å². The van der Waals surface area contributed by atoms with Crippen molar-refractivity contribution in [2.24, 2.45) is 0 Å². The Morgan fingerprint density at radius 3 is 2.55 bits per heavy atom. The molecule has 4 heteroatoms. The Bertz CT molecular complexity index is 264. The predicted octanol–water partition coefficient (Wildman–Crippen LogP) is 2.10. The molecular weight excluding hydrogens is 250 g/mol. The van der Waals surface area contributed by atoms with E-state index in [1.165, 1.54) is 19.3 Å². The van der Waals surface area contributed by atoms with Crippen molar-refractivity contribution in [1.82, 2.24) is 15.1 Å². The molecule has 1 aliphatic rings. The molecule has 1 saturated heterocycles. The Balaban J connectivity index is 2.24. The van der Waals surface area contributed by atoms with E-state index in [1.807, 2.05) is 7.05 Å². The molecule has 0 aromatic carbocycles. The van der Waals surface area contributed by atoms with Crippen molar-refractivity contribution in [1.29, 1.82) is 0 Å². The normalized spacial score (nSPS) is 19.6. The van der Waals surface area contributed by atoms with Crippen LogP contribution in [0.25, 0.3) is 0 Å². The van der Waals surface area contributed by atoms with Crippen molar-refractivity contribution < 1.29 is 4.79 Å². The van der Waals surface area contributed by atoms with E-state index in [0.29, 0.717) is 18.4 Å². The minimum Gasteiger partial charge on any atom is -0.341 e. The van der Waals surface area contributed by atoms with Gasteiger partial charge in [0.25, 0.3) is 0 Å². The summed E-state index contributed by atoms with van der Waals surface area (Å²) in [5, 5.41) is 3.29. The molecule has 4 nitrogen and oxygen atoms in total. The summed E-state index contributed by atoms with van der Waals surface area (Å²) in [6, 6.07) is 0.490. The van der Waals surface area contributed by atoms with Crippen LogP contribution in [0.3, 0.4) is 0 Å². The fourth-order valence-corrected chi connectivity index (χ4v) is 3.02. The first-order valence-corrected chi connectivity index (χ1v) is 8.38. The number of carbonyl (C=O) groups excluding carboxylic acids is 1. The lowest BCUT2D eigenvalue weighted by atomic mass is 10.1. The van der Waals surface area contributed by atoms with Gasteiger partial charge in [0.2, 0.25) is 5.91 Å². The smallest absolute Gasteiger partial charge is 0.222 e. The van der Waals surface area contributed by atoms with Crippen LogP contribution in [0.4, 0.5) is 0 Å². The lowest BCUT2D eigenvalue weighted by Crippen LogP contribution is -2.47. The largest absolute Gasteiger partial charge is 0.341 e. The molecule has 1 aliphatic heterocycles. The second kappa shape index (κ2) is 10.2. The van der Waals surface area contributed by atoms with Gasteiger partial charge in [-0.25, -0.2) is 0 Å². The number of rotatable bonds is 9. The summed E-state index contributed by atoms with van der Waals surface area (Å²) < 4.78 is 0. The third kappa shape index (κ3) is 6.23. The molecule has 0 radical (unpaired) electrons. The zero-order valence-corrected chi connectivity index (χ0v) is 13.7. The van der Waals surface area contributed by atoms with Gasteiger partial charge in [-0.05, 0) is 58.8 Å². The van der Waals surface area contributed by atoms with Gasteiger partial charge in [0.15, 0.2) is 0 Å². The van der Waals surface area contributed by atoms with Crippen LogP contribution in [0.1, 0.15) is 52.4 Å². The van der Waals surface area contributed by atoms with E-state index in [9.17, 15) is 4.79 Å². The van der Waals surface area contributed by atoms with Crippen molar-refractivity contribution in [2.45, 2.75) is 58.4 Å². The summed E-state index contributed by atoms with van der Waals surface area (Å²) in [4.78, 5) is 16.8. The van der Waals surface area contributed by atoms with Crippen LogP contribution in [-0.4, -0.2) is 61.5 Å². The molecule has 0 aromatic heterocycles. The van der Waals surface area contributed by atoms with Crippen LogP contribution in [0.5, 0.6) is 0 Å². The zero-order chi connectivity index (χ0) is 14.8. The molecule has 1 fully saturated rings. The number of likely N-dealkylation sites (N-methyl/N-ethyl adjacent to an activating group) is 1. The lowest BCUT2D eigenvalue weighted by Gasteiger charge is -2.32. The summed E-state index contributed by atoms with van der Waals surface area (Å²) in [5.41, 5.74) is 0. The first-order chi connectivity index (χ1) is 9.71. The molecule has 1 amide bonds. The summed E-state index contributed by atoms with van der Waals surface area (Å²) in [6.45, 7) is 9.67. The molecule has 0 aromatic rings. The molecule has 1 rings (SSSR count). The Kier molecular flexibility index (Phi) is 8.86. The van der Waals surface area contributed by atoms with Gasteiger partial charge in [0.1, 0.15) is 0 Å². The van der Waals surface area contributed by atoms with Gasteiger partial charge in [0, 0.05) is 25.6 Å². The molecule has 20 heavy (non-hydrogen) atoms. The van der Waals surface area contributed by atoms with Crippen molar-refractivity contribution >= 4 is 5.91 Å². The van der Waals surface area contributed by atoms with Gasteiger partial charge < -0.3 is 15.1 Å². The predicted molar refractivity (Wildman–Crippen MR) is 84.9 cm³/mol. The minimum atomic E-state index is 0.345. The van der Waals surface area contributed by atoms with Gasteiger partial charge >= 0.3 is 0 Å². The summed E-state index contributed by atoms with van der Waals surface area (Å²) in [6.07, 6.45) is 6.43. The highest BCUT2D eigenvalue weighted by Gasteiger charge is 2.22. The summed E-state index contributed by atoms with van der Waals surface area (Å²) in [7, 11) is 1.99. The monoisotopic (exact) mass is 283 g/mol. The van der Waals surface area contributed by atoms with Crippen LogP contribution in [0.15, 0.2) is 0 Å². The number of piperidine rings is 1. The minimum absolute atomic E-state index is 0.345. The third-order valence-corrected chi connectivity index (χ3v) is 4.13. The molecule has 1 N–H and O–H groups in total. The molecule has 0 spiro atoms. The van der Waals surface area contributed by atoms with Crippen molar-refractivity contribution in [3.05, 3.63) is 0 Å². The van der Waals surface area contributed by atoms with Crippen LogP contribution in [0.2, 0.25) is 0 Å². The fourth-order valence-electron chi connectivity index (χ4n) is 3.02. The molecule has 1 unspecified atom stereocenters. The molecule has 0 aliphatic carbocycles. The average Bonchev–Trinajstić information content (AvgIpc) is 2.47. The maximum Gasteiger partial charge on any atom is 0.222 e. The number of likely N-dealkylation sites (tertiary alicyclic amines) is 1. The molecule has 1 heterocycles. The van der Waals surface area contributed by atoms with Gasteiger partial charge in [-0.2, -0.15) is 0 Å². The highest BCUT2D eigenvalue weighted by molar-refractivity contribution is 5.76. The van der Waals surface area contributed by atoms with Crippen molar-refractivity contribution in [3.8, 4) is 0 Å². The Morgan fingerprint density at radius 2 is 1.95 bits per heavy atom. The Morgan fingerprint density at radius 1 is 1.25 bits per heavy atom. The second-order valence-corrected chi connectivity index (χ2v) is 5.91. The average molecular weight is 283 g/mol. The number of hydrogen-bond donors (Lipinski definition) is 1. The highest BCUT2D eigenvalue weighted by Crippen LogP contribution is 2.12. The molecular formula is C16H33N3O. The van der Waals surface area contributed by atoms with Crippen molar-refractivity contribution in [2.75, 3.05) is 39.8 Å². The van der Waals surface area contributed by atoms with E-state index >= 15 is 0 Å². The first kappa shape index (κ1) is 17.4. The zero-order valence-electron chi connectivity index (χ0n) is 13.7. The fraction of sp³-hybridized carbons (Fsp3) is 0.938. The van der Waals surface area contributed by atoms with Gasteiger partial charge in [-0.3, -0.25) is 4.79 Å². The van der Waals surface area contributed by atoms with E-state index in [4.69, 9.17) is 0 Å². The number of nitrogens with one attached hydrogen (secondary N) is 1. The SMILES string of the molecule is CCCN(CCC)CCCC(=O)N1CCCC(NC)C1. The van der Waals surface area contributed by atoms with Gasteiger partial charge in [0.05, 0.1) is 0 Å². The van der Waals surface area contributed by atoms with Gasteiger partial charge in [-0.1, -0.05) is 13.8 Å². The van der Waals surface area contributed by atoms with E-state index in [0.717, 1.165) is 45.6 Å². The highest BCUT2D eigenvalue weighted by atomic mass is 16.2. The number of nitrogens with zero attached hydrogens (tertiary/aromatic N) is 2. The van der Waals surface area contributed by atoms with Crippen LogP contribution >= 0.6 is 0 Å². The Labute approximate surface area is 124 Å². The quantitative estimate of drug-likeness (QED) is 0.704. The number of carbonyl (C=O) groups is 1. The first-order valence-electron chi connectivity index (χ1n) is 8.38. The summed E-state index contributed by atoms with van der Waals surface area (Å²) >= 11 is 0. The van der Waals surface area contributed by atoms with Crippen LogP contribution < -0.4 is 5.32 Å². The number of amides is 1. The Hall–Kier alpha value is -0.610. The van der Waals surface area contributed by atoms with Crippen molar-refractivity contribution in [3.63, 3.8) is 0 Å². The topological polar surface area (TPSA) is 35.6 Å². The molecule has 0 saturated carbocycles. The maximum atomic E-state index is 12.2.